The normalized spacial score (nSPS) is 11.8. The summed E-state index contributed by atoms with van der Waals surface area (Å²) in [6.07, 6.45) is 53.9. The van der Waals surface area contributed by atoms with Gasteiger partial charge in [-0.3, -0.25) is 14.4 Å². The number of carbonyl (C=O) groups excluding carboxylic acids is 3. The van der Waals surface area contributed by atoms with Crippen LogP contribution in [-0.4, -0.2) is 37.2 Å². The van der Waals surface area contributed by atoms with Crippen LogP contribution in [0.25, 0.3) is 0 Å². The fourth-order valence-corrected chi connectivity index (χ4v) is 8.27. The van der Waals surface area contributed by atoms with E-state index in [1.54, 1.807) is 0 Å². The zero-order valence-corrected chi connectivity index (χ0v) is 40.8. The second-order valence-corrected chi connectivity index (χ2v) is 18.5. The molecule has 0 aromatic carbocycles. The van der Waals surface area contributed by atoms with Gasteiger partial charge in [-0.2, -0.15) is 0 Å². The van der Waals surface area contributed by atoms with Crippen LogP contribution >= 0.6 is 0 Å². The van der Waals surface area contributed by atoms with Crippen LogP contribution in [0.2, 0.25) is 0 Å². The van der Waals surface area contributed by atoms with Crippen LogP contribution < -0.4 is 0 Å². The van der Waals surface area contributed by atoms with Gasteiger partial charge in [0.1, 0.15) is 13.2 Å². The SMILES string of the molecule is CCCCCCCCCCCCCCCCCCCCC(=O)OC[C@H](COC(=O)CCCCCCCCC)OC(=O)CCCCCCCCCCCCCCCCCCC. The quantitative estimate of drug-likeness (QED) is 0.0345. The number of hydrogen-bond donors (Lipinski definition) is 0. The van der Waals surface area contributed by atoms with Crippen LogP contribution in [0.5, 0.6) is 0 Å². The topological polar surface area (TPSA) is 78.9 Å². The second kappa shape index (κ2) is 50.1. The van der Waals surface area contributed by atoms with Crippen molar-refractivity contribution in [2.75, 3.05) is 13.2 Å². The average Bonchev–Trinajstić information content (AvgIpc) is 3.24. The zero-order chi connectivity index (χ0) is 43.7. The Balaban J connectivity index is 4.16. The molecular formula is C54H104O6. The summed E-state index contributed by atoms with van der Waals surface area (Å²) in [5.41, 5.74) is 0. The fourth-order valence-electron chi connectivity index (χ4n) is 8.27. The van der Waals surface area contributed by atoms with Gasteiger partial charge < -0.3 is 14.2 Å². The predicted molar refractivity (Wildman–Crippen MR) is 257 cm³/mol. The minimum atomic E-state index is -0.759. The molecule has 0 amide bonds. The first-order chi connectivity index (χ1) is 29.5. The molecule has 0 rings (SSSR count). The summed E-state index contributed by atoms with van der Waals surface area (Å²) in [5, 5.41) is 0. The molecule has 0 fully saturated rings. The van der Waals surface area contributed by atoms with E-state index in [9.17, 15) is 14.4 Å². The molecule has 0 heterocycles. The van der Waals surface area contributed by atoms with Crippen molar-refractivity contribution in [1.29, 1.82) is 0 Å². The van der Waals surface area contributed by atoms with Gasteiger partial charge in [0, 0.05) is 19.3 Å². The molecule has 6 heteroatoms. The van der Waals surface area contributed by atoms with Crippen LogP contribution in [0.3, 0.4) is 0 Å². The lowest BCUT2D eigenvalue weighted by molar-refractivity contribution is -0.167. The number of ether oxygens (including phenoxy) is 3. The van der Waals surface area contributed by atoms with Crippen molar-refractivity contribution < 1.29 is 28.6 Å². The molecule has 0 aromatic heterocycles. The average molecular weight is 849 g/mol. The first kappa shape index (κ1) is 58.4. The molecule has 0 saturated heterocycles. The van der Waals surface area contributed by atoms with Gasteiger partial charge in [0.25, 0.3) is 0 Å². The van der Waals surface area contributed by atoms with Crippen LogP contribution in [0.15, 0.2) is 0 Å². The Morgan fingerprint density at radius 3 is 0.667 bits per heavy atom. The summed E-state index contributed by atoms with van der Waals surface area (Å²) in [4.78, 5) is 37.8. The number of unbranched alkanes of at least 4 members (excludes halogenated alkanes) is 39. The third kappa shape index (κ3) is 47.5. The molecule has 0 aliphatic rings. The van der Waals surface area contributed by atoms with E-state index >= 15 is 0 Å². The summed E-state index contributed by atoms with van der Waals surface area (Å²) < 4.78 is 16.8. The maximum Gasteiger partial charge on any atom is 0.306 e. The van der Waals surface area contributed by atoms with Gasteiger partial charge >= 0.3 is 17.9 Å². The van der Waals surface area contributed by atoms with Crippen molar-refractivity contribution in [3.05, 3.63) is 0 Å². The smallest absolute Gasteiger partial charge is 0.306 e. The highest BCUT2D eigenvalue weighted by atomic mass is 16.6. The second-order valence-electron chi connectivity index (χ2n) is 18.5. The van der Waals surface area contributed by atoms with E-state index in [2.05, 4.69) is 20.8 Å². The van der Waals surface area contributed by atoms with Crippen LogP contribution in [-0.2, 0) is 28.6 Å². The van der Waals surface area contributed by atoms with E-state index in [0.29, 0.717) is 19.3 Å². The number of esters is 3. The van der Waals surface area contributed by atoms with Crippen LogP contribution in [0.4, 0.5) is 0 Å². The van der Waals surface area contributed by atoms with E-state index in [1.165, 1.54) is 212 Å². The van der Waals surface area contributed by atoms with E-state index in [0.717, 1.165) is 57.8 Å². The third-order valence-electron chi connectivity index (χ3n) is 12.4. The van der Waals surface area contributed by atoms with Crippen molar-refractivity contribution in [1.82, 2.24) is 0 Å². The Kier molecular flexibility index (Phi) is 48.7. The Bertz CT molecular complexity index is 889. The minimum Gasteiger partial charge on any atom is -0.462 e. The summed E-state index contributed by atoms with van der Waals surface area (Å²) >= 11 is 0. The minimum absolute atomic E-state index is 0.0621. The first-order valence-corrected chi connectivity index (χ1v) is 27.0. The molecule has 0 N–H and O–H groups in total. The highest BCUT2D eigenvalue weighted by molar-refractivity contribution is 5.71. The van der Waals surface area contributed by atoms with E-state index in [-0.39, 0.29) is 31.1 Å². The van der Waals surface area contributed by atoms with Crippen molar-refractivity contribution in [3.63, 3.8) is 0 Å². The molecule has 0 aliphatic heterocycles. The summed E-state index contributed by atoms with van der Waals surface area (Å²) in [6.45, 7) is 6.65. The molecule has 0 aliphatic carbocycles. The maximum absolute atomic E-state index is 12.8. The lowest BCUT2D eigenvalue weighted by Gasteiger charge is -2.18. The van der Waals surface area contributed by atoms with Gasteiger partial charge in [-0.25, -0.2) is 0 Å². The molecule has 6 nitrogen and oxygen atoms in total. The van der Waals surface area contributed by atoms with E-state index in [4.69, 9.17) is 14.2 Å². The Morgan fingerprint density at radius 1 is 0.267 bits per heavy atom. The summed E-state index contributed by atoms with van der Waals surface area (Å²) in [7, 11) is 0. The van der Waals surface area contributed by atoms with Crippen molar-refractivity contribution in [2.24, 2.45) is 0 Å². The molecule has 0 spiro atoms. The monoisotopic (exact) mass is 849 g/mol. The highest BCUT2D eigenvalue weighted by Gasteiger charge is 2.19. The van der Waals surface area contributed by atoms with Gasteiger partial charge in [-0.1, -0.05) is 271 Å². The molecule has 0 bridgehead atoms. The molecule has 1 atom stereocenters. The molecule has 356 valence electrons. The highest BCUT2D eigenvalue weighted by Crippen LogP contribution is 2.17. The summed E-state index contributed by atoms with van der Waals surface area (Å²) in [5.74, 6) is -0.846. The first-order valence-electron chi connectivity index (χ1n) is 27.0. The van der Waals surface area contributed by atoms with Crippen LogP contribution in [0.1, 0.15) is 310 Å². The predicted octanol–water partition coefficient (Wildman–Crippen LogP) is 17.6. The Labute approximate surface area is 374 Å². The molecule has 0 radical (unpaired) electrons. The Hall–Kier alpha value is -1.59. The molecule has 0 unspecified atom stereocenters. The van der Waals surface area contributed by atoms with Gasteiger partial charge in [-0.15, -0.1) is 0 Å². The largest absolute Gasteiger partial charge is 0.462 e. The fraction of sp³-hybridized carbons (Fsp3) is 0.944. The Morgan fingerprint density at radius 2 is 0.450 bits per heavy atom. The number of rotatable bonds is 50. The molecule has 0 aromatic rings. The molecule has 60 heavy (non-hydrogen) atoms. The third-order valence-corrected chi connectivity index (χ3v) is 12.4. The molecular weight excluding hydrogens is 745 g/mol. The number of carbonyl (C=O) groups is 3. The summed E-state index contributed by atoms with van der Waals surface area (Å²) in [6, 6.07) is 0. The lowest BCUT2D eigenvalue weighted by Crippen LogP contribution is -2.30. The van der Waals surface area contributed by atoms with Crippen molar-refractivity contribution in [2.45, 2.75) is 316 Å². The van der Waals surface area contributed by atoms with Gasteiger partial charge in [0.2, 0.25) is 0 Å². The standard InChI is InChI=1S/C54H104O6/c1-4-7-10-13-16-18-20-22-24-26-28-29-31-33-35-38-41-44-47-53(56)59-50-51(49-58-52(55)46-43-40-37-15-12-9-6-3)60-54(57)48-45-42-39-36-34-32-30-27-25-23-21-19-17-14-11-8-5-2/h51H,4-50H2,1-3H3/t51-/m0/s1. The van der Waals surface area contributed by atoms with Gasteiger partial charge in [0.15, 0.2) is 6.10 Å². The van der Waals surface area contributed by atoms with E-state index < -0.39 is 6.10 Å². The van der Waals surface area contributed by atoms with Gasteiger partial charge in [0.05, 0.1) is 0 Å². The molecule has 0 saturated carbocycles. The number of hydrogen-bond acceptors (Lipinski definition) is 6. The van der Waals surface area contributed by atoms with Crippen LogP contribution in [0, 0.1) is 0 Å². The van der Waals surface area contributed by atoms with Crippen molar-refractivity contribution in [3.8, 4) is 0 Å². The van der Waals surface area contributed by atoms with Gasteiger partial charge in [-0.05, 0) is 19.3 Å². The lowest BCUT2D eigenvalue weighted by atomic mass is 10.0. The van der Waals surface area contributed by atoms with Crippen molar-refractivity contribution >= 4 is 17.9 Å². The maximum atomic E-state index is 12.8. The zero-order valence-electron chi connectivity index (χ0n) is 40.8. The van der Waals surface area contributed by atoms with E-state index in [1.807, 2.05) is 0 Å².